The minimum Gasteiger partial charge on any atom is -0.493 e. The highest BCUT2D eigenvalue weighted by Gasteiger charge is 2.30. The van der Waals surface area contributed by atoms with Crippen molar-refractivity contribution in [2.24, 2.45) is 0 Å². The minimum absolute atomic E-state index is 0.0558. The summed E-state index contributed by atoms with van der Waals surface area (Å²) < 4.78 is 11.4. The number of aromatic nitrogens is 2. The molecule has 1 unspecified atom stereocenters. The van der Waals surface area contributed by atoms with Crippen LogP contribution < -0.4 is 20.5 Å². The Labute approximate surface area is 218 Å². The molecule has 5 rings (SSSR count). The largest absolute Gasteiger partial charge is 0.493 e. The Bertz CT molecular complexity index is 1280. The Morgan fingerprint density at radius 3 is 2.46 bits per heavy atom. The van der Waals surface area contributed by atoms with Crippen molar-refractivity contribution in [2.75, 3.05) is 44.3 Å². The highest BCUT2D eigenvalue weighted by atomic mass is 16.6. The van der Waals surface area contributed by atoms with Gasteiger partial charge in [0, 0.05) is 49.4 Å². The Balaban J connectivity index is 1.38. The van der Waals surface area contributed by atoms with Gasteiger partial charge in [-0.1, -0.05) is 12.5 Å². The number of methoxy groups -OCH3 is 1. The first-order chi connectivity index (χ1) is 17.8. The van der Waals surface area contributed by atoms with Gasteiger partial charge < -0.3 is 25.4 Å². The van der Waals surface area contributed by atoms with Crippen LogP contribution in [0.25, 0.3) is 10.9 Å². The van der Waals surface area contributed by atoms with Gasteiger partial charge in [0.25, 0.3) is 0 Å². The van der Waals surface area contributed by atoms with Gasteiger partial charge in [0.15, 0.2) is 11.5 Å². The number of carbonyl (C=O) groups is 1. The predicted octanol–water partition coefficient (Wildman–Crippen LogP) is 4.68. The van der Waals surface area contributed by atoms with Gasteiger partial charge in [-0.05, 0) is 62.9 Å². The number of fused-ring (bicyclic) bond motifs is 1. The van der Waals surface area contributed by atoms with Crippen molar-refractivity contribution >= 4 is 28.5 Å². The van der Waals surface area contributed by atoms with Crippen LogP contribution in [0.3, 0.4) is 0 Å². The third-order valence-corrected chi connectivity index (χ3v) is 7.43. The van der Waals surface area contributed by atoms with Crippen molar-refractivity contribution in [1.82, 2.24) is 19.8 Å². The van der Waals surface area contributed by atoms with E-state index in [-0.39, 0.29) is 12.1 Å². The van der Waals surface area contributed by atoms with Gasteiger partial charge in [0.05, 0.1) is 18.7 Å². The number of ether oxygens (including phenoxy) is 2. The molecule has 9 heteroatoms. The van der Waals surface area contributed by atoms with Crippen molar-refractivity contribution in [1.29, 1.82) is 0 Å². The van der Waals surface area contributed by atoms with E-state index in [1.54, 1.807) is 24.1 Å². The molecular weight excluding hydrogens is 468 g/mol. The summed E-state index contributed by atoms with van der Waals surface area (Å²) in [7, 11) is 1.56. The summed E-state index contributed by atoms with van der Waals surface area (Å²) in [4.78, 5) is 26.6. The maximum atomic E-state index is 13.1. The normalized spacial score (nSPS) is 17.4. The summed E-state index contributed by atoms with van der Waals surface area (Å²) in [5, 5.41) is 4.25. The van der Waals surface area contributed by atoms with Crippen molar-refractivity contribution in [3.05, 3.63) is 47.3 Å². The highest BCUT2D eigenvalue weighted by molar-refractivity contribution is 5.92. The first kappa shape index (κ1) is 25.1. The molecule has 1 aliphatic heterocycles. The van der Waals surface area contributed by atoms with E-state index in [0.29, 0.717) is 47.8 Å². The average molecular weight is 505 g/mol. The molecule has 2 fully saturated rings. The topological polar surface area (TPSA) is 106 Å². The van der Waals surface area contributed by atoms with Crippen LogP contribution in [0.2, 0.25) is 0 Å². The lowest BCUT2D eigenvalue weighted by molar-refractivity contribution is 0.0618. The van der Waals surface area contributed by atoms with Gasteiger partial charge in [-0.3, -0.25) is 4.90 Å². The number of benzene rings is 2. The number of amides is 1. The molecule has 3 aromatic rings. The number of rotatable bonds is 6. The van der Waals surface area contributed by atoms with Crippen LogP contribution in [0.4, 0.5) is 16.3 Å². The van der Waals surface area contributed by atoms with Crippen LogP contribution in [0.15, 0.2) is 30.3 Å². The Kier molecular flexibility index (Phi) is 7.06. The summed E-state index contributed by atoms with van der Waals surface area (Å²) in [6.45, 7) is 9.04. The maximum absolute atomic E-state index is 13.1. The number of hydrogen-bond acceptors (Lipinski definition) is 8. The molecule has 2 aromatic carbocycles. The number of nitrogen functional groups attached to an aromatic ring is 1. The maximum Gasteiger partial charge on any atom is 0.415 e. The van der Waals surface area contributed by atoms with Crippen LogP contribution in [0, 0.1) is 13.8 Å². The summed E-state index contributed by atoms with van der Waals surface area (Å²) in [5.74, 6) is 2.09. The quantitative estimate of drug-likeness (QED) is 0.466. The van der Waals surface area contributed by atoms with Gasteiger partial charge in [-0.25, -0.2) is 14.8 Å². The number of carbonyl (C=O) groups excluding carboxylic acids is 1. The third kappa shape index (κ3) is 5.41. The fourth-order valence-electron chi connectivity index (χ4n) is 5.16. The molecule has 0 bridgehead atoms. The van der Waals surface area contributed by atoms with Crippen LogP contribution in [0.1, 0.15) is 49.2 Å². The standard InChI is InChI=1S/C28H36N6O3/c1-17-12-20(14-21(29)13-17)18(2)30-27-23-15-26(25(36-4)16-24(23)31-19(3)32-27)37-28(35)34-10-8-33(9-11-34)22-6-5-7-22/h12-16,18,22H,5-11,29H2,1-4H3,(H,30,31,32). The Morgan fingerprint density at radius 1 is 1.05 bits per heavy atom. The average Bonchev–Trinajstić information content (AvgIpc) is 2.82. The van der Waals surface area contributed by atoms with E-state index in [4.69, 9.17) is 15.2 Å². The lowest BCUT2D eigenvalue weighted by atomic mass is 9.91. The van der Waals surface area contributed by atoms with Gasteiger partial charge in [-0.15, -0.1) is 0 Å². The fraction of sp³-hybridized carbons (Fsp3) is 0.464. The molecule has 37 heavy (non-hydrogen) atoms. The summed E-state index contributed by atoms with van der Waals surface area (Å²) in [6, 6.07) is 10.2. The van der Waals surface area contributed by atoms with Crippen LogP contribution in [-0.4, -0.2) is 65.2 Å². The number of aryl methyl sites for hydroxylation is 2. The molecule has 0 radical (unpaired) electrons. The molecule has 1 saturated heterocycles. The fourth-order valence-corrected chi connectivity index (χ4v) is 5.16. The second-order valence-corrected chi connectivity index (χ2v) is 10.2. The van der Waals surface area contributed by atoms with Crippen LogP contribution in [0.5, 0.6) is 11.5 Å². The molecule has 196 valence electrons. The molecule has 1 saturated carbocycles. The van der Waals surface area contributed by atoms with Gasteiger partial charge in [0.1, 0.15) is 11.6 Å². The number of piperazine rings is 1. The first-order valence-electron chi connectivity index (χ1n) is 13.0. The Morgan fingerprint density at radius 2 is 1.81 bits per heavy atom. The summed E-state index contributed by atoms with van der Waals surface area (Å²) in [5.41, 5.74) is 9.66. The van der Waals surface area contributed by atoms with Crippen LogP contribution in [-0.2, 0) is 0 Å². The van der Waals surface area contributed by atoms with E-state index < -0.39 is 0 Å². The van der Waals surface area contributed by atoms with E-state index in [1.807, 2.05) is 26.0 Å². The Hall–Kier alpha value is -3.59. The highest BCUT2D eigenvalue weighted by Crippen LogP contribution is 2.36. The molecule has 9 nitrogen and oxygen atoms in total. The van der Waals surface area contributed by atoms with E-state index >= 15 is 0 Å². The smallest absolute Gasteiger partial charge is 0.415 e. The van der Waals surface area contributed by atoms with E-state index in [9.17, 15) is 4.79 Å². The zero-order chi connectivity index (χ0) is 26.1. The minimum atomic E-state index is -0.364. The number of nitrogens with two attached hydrogens (primary N) is 1. The third-order valence-electron chi connectivity index (χ3n) is 7.43. The molecule has 3 N–H and O–H groups in total. The van der Waals surface area contributed by atoms with Gasteiger partial charge in [0.2, 0.25) is 0 Å². The zero-order valence-electron chi connectivity index (χ0n) is 22.1. The van der Waals surface area contributed by atoms with Crippen molar-refractivity contribution in [2.45, 2.75) is 52.1 Å². The summed E-state index contributed by atoms with van der Waals surface area (Å²) >= 11 is 0. The lowest BCUT2D eigenvalue weighted by Gasteiger charge is -2.42. The van der Waals surface area contributed by atoms with E-state index in [1.165, 1.54) is 19.3 Å². The second kappa shape index (κ2) is 10.4. The van der Waals surface area contributed by atoms with Gasteiger partial charge >= 0.3 is 6.09 Å². The molecule has 1 aliphatic carbocycles. The van der Waals surface area contributed by atoms with Crippen molar-refractivity contribution in [3.63, 3.8) is 0 Å². The molecule has 2 aliphatic rings. The zero-order valence-corrected chi connectivity index (χ0v) is 22.1. The molecule has 1 aromatic heterocycles. The predicted molar refractivity (Wildman–Crippen MR) is 145 cm³/mol. The molecular formula is C28H36N6O3. The number of anilines is 2. The van der Waals surface area contributed by atoms with Crippen LogP contribution >= 0.6 is 0 Å². The number of nitrogens with zero attached hydrogens (tertiary/aromatic N) is 4. The summed E-state index contributed by atoms with van der Waals surface area (Å²) in [6.07, 6.45) is 3.49. The molecule has 1 atom stereocenters. The van der Waals surface area contributed by atoms with E-state index in [2.05, 4.69) is 33.2 Å². The SMILES string of the molecule is COc1cc2nc(C)nc(NC(C)c3cc(C)cc(N)c3)c2cc1OC(=O)N1CCN(C2CCC2)CC1. The number of hydrogen-bond donors (Lipinski definition) is 2. The van der Waals surface area contributed by atoms with Gasteiger partial charge in [-0.2, -0.15) is 0 Å². The number of nitrogens with one attached hydrogen (secondary N) is 1. The molecule has 0 spiro atoms. The first-order valence-corrected chi connectivity index (χ1v) is 13.0. The second-order valence-electron chi connectivity index (χ2n) is 10.2. The monoisotopic (exact) mass is 504 g/mol. The van der Waals surface area contributed by atoms with E-state index in [0.717, 1.165) is 35.3 Å². The molecule has 1 amide bonds. The molecule has 2 heterocycles. The lowest BCUT2D eigenvalue weighted by Crippen LogP contribution is -2.54. The van der Waals surface area contributed by atoms with Crippen molar-refractivity contribution in [3.8, 4) is 11.5 Å². The van der Waals surface area contributed by atoms with Crippen molar-refractivity contribution < 1.29 is 14.3 Å².